The molecule has 1 aliphatic heterocycles. The van der Waals surface area contributed by atoms with E-state index in [1.807, 2.05) is 6.92 Å². The molecule has 1 fully saturated rings. The lowest BCUT2D eigenvalue weighted by atomic mass is 10.0. The van der Waals surface area contributed by atoms with Crippen LogP contribution >= 0.6 is 11.6 Å². The molecule has 2 rings (SSSR count). The summed E-state index contributed by atoms with van der Waals surface area (Å²) in [4.78, 5) is 14.6. The molecule has 1 aromatic rings. The summed E-state index contributed by atoms with van der Waals surface area (Å²) in [7, 11) is 1.54. The van der Waals surface area contributed by atoms with Crippen LogP contribution in [0.25, 0.3) is 6.08 Å². The van der Waals surface area contributed by atoms with Crippen LogP contribution in [-0.2, 0) is 9.53 Å². The molecule has 1 amide bonds. The minimum Gasteiger partial charge on any atom is -0.491 e. The number of amides is 1. The van der Waals surface area contributed by atoms with Gasteiger partial charge in [0.15, 0.2) is 11.5 Å². The summed E-state index contributed by atoms with van der Waals surface area (Å²) in [5.74, 6) is 0.898. The van der Waals surface area contributed by atoms with Gasteiger partial charge in [0.2, 0.25) is 5.91 Å². The van der Waals surface area contributed by atoms with Gasteiger partial charge in [0.1, 0.15) is 0 Å². The summed E-state index contributed by atoms with van der Waals surface area (Å²) in [5, 5.41) is 3.41. The Kier molecular flexibility index (Phi) is 7.95. The summed E-state index contributed by atoms with van der Waals surface area (Å²) in [6.45, 7) is 10.4. The molecule has 27 heavy (non-hydrogen) atoms. The first-order valence-corrected chi connectivity index (χ1v) is 9.54. The minimum absolute atomic E-state index is 0.126. The molecule has 0 spiro atoms. The summed E-state index contributed by atoms with van der Waals surface area (Å²) < 4.78 is 16.2. The third kappa shape index (κ3) is 6.13. The van der Waals surface area contributed by atoms with Gasteiger partial charge in [-0.1, -0.05) is 11.6 Å². The van der Waals surface area contributed by atoms with Gasteiger partial charge >= 0.3 is 0 Å². The third-order valence-electron chi connectivity index (χ3n) is 4.53. The first-order chi connectivity index (χ1) is 12.9. The van der Waals surface area contributed by atoms with Crippen LogP contribution in [-0.4, -0.2) is 62.9 Å². The number of nitrogens with one attached hydrogen (secondary N) is 1. The molecular weight excluding hydrogens is 368 g/mol. The van der Waals surface area contributed by atoms with Crippen molar-refractivity contribution in [1.82, 2.24) is 10.2 Å². The van der Waals surface area contributed by atoms with Gasteiger partial charge in [0.05, 0.1) is 32.0 Å². The van der Waals surface area contributed by atoms with Crippen molar-refractivity contribution >= 4 is 23.6 Å². The fourth-order valence-corrected chi connectivity index (χ4v) is 3.26. The smallest absolute Gasteiger partial charge is 0.244 e. The summed E-state index contributed by atoms with van der Waals surface area (Å²) in [6.07, 6.45) is 3.22. The molecule has 1 aromatic carbocycles. The molecule has 0 bridgehead atoms. The fourth-order valence-electron chi connectivity index (χ4n) is 2.96. The molecule has 0 radical (unpaired) electrons. The molecule has 0 aliphatic carbocycles. The van der Waals surface area contributed by atoms with E-state index >= 15 is 0 Å². The zero-order chi connectivity index (χ0) is 19.9. The average Bonchev–Trinajstić information content (AvgIpc) is 2.66. The SMILES string of the molecule is CCOc1cc(/C=C/C(=O)NCC(C)(C)N2CCOCC2)cc(Cl)c1OC. The van der Waals surface area contributed by atoms with Gasteiger partial charge in [0, 0.05) is 31.2 Å². The summed E-state index contributed by atoms with van der Waals surface area (Å²) >= 11 is 6.24. The molecule has 0 saturated carbocycles. The van der Waals surface area contributed by atoms with Crippen molar-refractivity contribution in [2.24, 2.45) is 0 Å². The average molecular weight is 397 g/mol. The van der Waals surface area contributed by atoms with Crippen molar-refractivity contribution in [2.75, 3.05) is 46.6 Å². The van der Waals surface area contributed by atoms with Gasteiger partial charge in [-0.2, -0.15) is 0 Å². The van der Waals surface area contributed by atoms with Gasteiger partial charge in [0.25, 0.3) is 0 Å². The summed E-state index contributed by atoms with van der Waals surface area (Å²) in [6, 6.07) is 3.54. The van der Waals surface area contributed by atoms with E-state index in [1.54, 1.807) is 25.3 Å². The lowest BCUT2D eigenvalue weighted by molar-refractivity contribution is -0.117. The van der Waals surface area contributed by atoms with Crippen LogP contribution in [0.15, 0.2) is 18.2 Å². The van der Waals surface area contributed by atoms with E-state index in [2.05, 4.69) is 24.1 Å². The molecule has 150 valence electrons. The number of carbonyl (C=O) groups is 1. The lowest BCUT2D eigenvalue weighted by Gasteiger charge is -2.40. The molecule has 1 N–H and O–H groups in total. The maximum absolute atomic E-state index is 12.2. The highest BCUT2D eigenvalue weighted by Crippen LogP contribution is 2.36. The molecule has 0 atom stereocenters. The van der Waals surface area contributed by atoms with Crippen molar-refractivity contribution in [3.63, 3.8) is 0 Å². The third-order valence-corrected chi connectivity index (χ3v) is 4.81. The van der Waals surface area contributed by atoms with Gasteiger partial charge in [-0.05, 0) is 44.5 Å². The maximum atomic E-state index is 12.2. The number of ether oxygens (including phenoxy) is 3. The highest BCUT2D eigenvalue weighted by Gasteiger charge is 2.28. The van der Waals surface area contributed by atoms with Crippen molar-refractivity contribution in [3.8, 4) is 11.5 Å². The monoisotopic (exact) mass is 396 g/mol. The molecule has 7 heteroatoms. The van der Waals surface area contributed by atoms with Crippen molar-refractivity contribution in [2.45, 2.75) is 26.3 Å². The standard InChI is InChI=1S/C20H29ClN2O4/c1-5-27-17-13-15(12-16(21)19(17)25-4)6-7-18(24)22-14-20(2,3)23-8-10-26-11-9-23/h6-7,12-13H,5,8-11,14H2,1-4H3,(H,22,24)/b7-6+. The number of nitrogens with zero attached hydrogens (tertiary/aromatic N) is 1. The number of rotatable bonds is 8. The predicted octanol–water partition coefficient (Wildman–Crippen LogP) is 2.99. The summed E-state index contributed by atoms with van der Waals surface area (Å²) in [5.41, 5.74) is 0.644. The number of benzene rings is 1. The largest absolute Gasteiger partial charge is 0.491 e. The zero-order valence-corrected chi connectivity index (χ0v) is 17.3. The minimum atomic E-state index is -0.152. The quantitative estimate of drug-likeness (QED) is 0.684. The van der Waals surface area contributed by atoms with Crippen molar-refractivity contribution < 1.29 is 19.0 Å². The molecule has 0 unspecified atom stereocenters. The Morgan fingerprint density at radius 1 is 1.37 bits per heavy atom. The topological polar surface area (TPSA) is 60.0 Å². The van der Waals surface area contributed by atoms with E-state index in [-0.39, 0.29) is 11.4 Å². The Morgan fingerprint density at radius 3 is 2.70 bits per heavy atom. The van der Waals surface area contributed by atoms with Crippen LogP contribution in [0.4, 0.5) is 0 Å². The highest BCUT2D eigenvalue weighted by atomic mass is 35.5. The fraction of sp³-hybridized carbons (Fsp3) is 0.550. The molecule has 0 aromatic heterocycles. The lowest BCUT2D eigenvalue weighted by Crippen LogP contribution is -2.55. The number of carbonyl (C=O) groups excluding carboxylic acids is 1. The predicted molar refractivity (Wildman–Crippen MR) is 108 cm³/mol. The van der Waals surface area contributed by atoms with E-state index in [1.165, 1.54) is 6.08 Å². The number of hydrogen-bond donors (Lipinski definition) is 1. The van der Waals surface area contributed by atoms with Crippen LogP contribution < -0.4 is 14.8 Å². The van der Waals surface area contributed by atoms with Gasteiger partial charge < -0.3 is 19.5 Å². The van der Waals surface area contributed by atoms with E-state index in [0.29, 0.717) is 29.7 Å². The normalized spacial score (nSPS) is 15.7. The van der Waals surface area contributed by atoms with Crippen molar-refractivity contribution in [3.05, 3.63) is 28.8 Å². The van der Waals surface area contributed by atoms with Crippen LogP contribution in [0.2, 0.25) is 5.02 Å². The number of hydrogen-bond acceptors (Lipinski definition) is 5. The van der Waals surface area contributed by atoms with E-state index in [9.17, 15) is 4.79 Å². The Bertz CT molecular complexity index is 670. The number of morpholine rings is 1. The molecule has 1 aliphatic rings. The molecule has 1 heterocycles. The Balaban J connectivity index is 1.97. The van der Waals surface area contributed by atoms with Crippen LogP contribution in [0.5, 0.6) is 11.5 Å². The van der Waals surface area contributed by atoms with Gasteiger partial charge in [-0.15, -0.1) is 0 Å². The van der Waals surface area contributed by atoms with E-state index in [0.717, 1.165) is 31.9 Å². The van der Waals surface area contributed by atoms with Gasteiger partial charge in [-0.3, -0.25) is 9.69 Å². The first kappa shape index (κ1) is 21.5. The second-order valence-corrected chi connectivity index (χ2v) is 7.34. The first-order valence-electron chi connectivity index (χ1n) is 9.16. The second-order valence-electron chi connectivity index (χ2n) is 6.93. The molecule has 1 saturated heterocycles. The second kappa shape index (κ2) is 9.97. The molecule has 6 nitrogen and oxygen atoms in total. The zero-order valence-electron chi connectivity index (χ0n) is 16.5. The van der Waals surface area contributed by atoms with Crippen LogP contribution in [0, 0.1) is 0 Å². The number of halogens is 1. The van der Waals surface area contributed by atoms with E-state index < -0.39 is 0 Å². The maximum Gasteiger partial charge on any atom is 0.244 e. The number of methoxy groups -OCH3 is 1. The molecular formula is C20H29ClN2O4. The van der Waals surface area contributed by atoms with Crippen molar-refractivity contribution in [1.29, 1.82) is 0 Å². The Labute approximate surface area is 166 Å². The Hall–Kier alpha value is -1.76. The van der Waals surface area contributed by atoms with Gasteiger partial charge in [-0.25, -0.2) is 0 Å². The van der Waals surface area contributed by atoms with E-state index in [4.69, 9.17) is 25.8 Å². The van der Waals surface area contributed by atoms with Crippen LogP contribution in [0.1, 0.15) is 26.3 Å². The Morgan fingerprint density at radius 2 is 2.07 bits per heavy atom. The highest BCUT2D eigenvalue weighted by molar-refractivity contribution is 6.32. The van der Waals surface area contributed by atoms with Crippen LogP contribution in [0.3, 0.4) is 0 Å².